The number of hydrogen-bond acceptors (Lipinski definition) is 4. The normalized spacial score (nSPS) is 11.6. The molecule has 3 rings (SSSR count). The van der Waals surface area contributed by atoms with Crippen molar-refractivity contribution in [1.29, 1.82) is 0 Å². The van der Waals surface area contributed by atoms with Crippen LogP contribution in [0.25, 0.3) is 0 Å². The predicted molar refractivity (Wildman–Crippen MR) is 127 cm³/mol. The zero-order valence-corrected chi connectivity index (χ0v) is 19.3. The van der Waals surface area contributed by atoms with E-state index in [1.165, 1.54) is 18.2 Å². The topological polar surface area (TPSA) is 84.5 Å². The molecule has 0 spiro atoms. The van der Waals surface area contributed by atoms with Crippen molar-refractivity contribution in [3.63, 3.8) is 0 Å². The Kier molecular flexibility index (Phi) is 7.20. The Morgan fingerprint density at radius 3 is 2.31 bits per heavy atom. The summed E-state index contributed by atoms with van der Waals surface area (Å²) in [5.74, 6) is 0.491. The maximum atomic E-state index is 12.5. The molecule has 0 radical (unpaired) electrons. The highest BCUT2D eigenvalue weighted by molar-refractivity contribution is 7.92. The molecule has 0 aliphatic rings. The van der Waals surface area contributed by atoms with E-state index in [2.05, 4.69) is 30.8 Å². The van der Waals surface area contributed by atoms with Crippen LogP contribution in [0, 0.1) is 0 Å². The van der Waals surface area contributed by atoms with E-state index in [-0.39, 0.29) is 16.2 Å². The van der Waals surface area contributed by atoms with Gasteiger partial charge >= 0.3 is 0 Å². The first-order valence-corrected chi connectivity index (χ1v) is 11.8. The van der Waals surface area contributed by atoms with Crippen LogP contribution in [0.2, 0.25) is 0 Å². The smallest absolute Gasteiger partial charge is 0.261 e. The lowest BCUT2D eigenvalue weighted by Crippen LogP contribution is -2.28. The van der Waals surface area contributed by atoms with Crippen LogP contribution in [-0.4, -0.2) is 27.5 Å². The van der Waals surface area contributed by atoms with Crippen LogP contribution in [0.5, 0.6) is 5.75 Å². The van der Waals surface area contributed by atoms with E-state index >= 15 is 0 Å². The van der Waals surface area contributed by atoms with Gasteiger partial charge in [0, 0.05) is 11.3 Å². The number of anilines is 1. The number of nitrogens with one attached hydrogen (secondary N) is 2. The molecule has 0 saturated heterocycles. The van der Waals surface area contributed by atoms with Gasteiger partial charge in [-0.05, 0) is 47.4 Å². The zero-order chi connectivity index (χ0) is 23.2. The third-order valence-electron chi connectivity index (χ3n) is 4.77. The highest BCUT2D eigenvalue weighted by Crippen LogP contribution is 2.30. The lowest BCUT2D eigenvalue weighted by atomic mass is 9.86. The standard InChI is InChI=1S/C25H28N2O4S/c1-25(2,3)22-14-7-8-15-23(22)31-17-16-26-24(28)19-10-9-11-20(18-19)27-32(29,30)21-12-5-4-6-13-21/h4-15,18,27H,16-17H2,1-3H3,(H,26,28). The molecule has 0 atom stereocenters. The number of ether oxygens (including phenoxy) is 1. The first kappa shape index (κ1) is 23.3. The molecule has 32 heavy (non-hydrogen) atoms. The number of rotatable bonds is 8. The van der Waals surface area contributed by atoms with Crippen LogP contribution in [0.4, 0.5) is 5.69 Å². The number of amides is 1. The molecule has 6 nitrogen and oxygen atoms in total. The molecule has 0 unspecified atom stereocenters. The van der Waals surface area contributed by atoms with Gasteiger partial charge in [0.1, 0.15) is 12.4 Å². The van der Waals surface area contributed by atoms with Crippen molar-refractivity contribution >= 4 is 21.6 Å². The minimum Gasteiger partial charge on any atom is -0.491 e. The minimum absolute atomic E-state index is 0.0482. The number of carbonyl (C=O) groups excluding carboxylic acids is 1. The predicted octanol–water partition coefficient (Wildman–Crippen LogP) is 4.59. The van der Waals surface area contributed by atoms with E-state index in [4.69, 9.17) is 4.74 Å². The van der Waals surface area contributed by atoms with E-state index < -0.39 is 10.0 Å². The average molecular weight is 453 g/mol. The molecular formula is C25H28N2O4S. The number of benzene rings is 3. The summed E-state index contributed by atoms with van der Waals surface area (Å²) in [6.07, 6.45) is 0. The fourth-order valence-electron chi connectivity index (χ4n) is 3.18. The van der Waals surface area contributed by atoms with Crippen LogP contribution in [0.15, 0.2) is 83.8 Å². The largest absolute Gasteiger partial charge is 0.491 e. The third-order valence-corrected chi connectivity index (χ3v) is 6.17. The molecule has 3 aromatic carbocycles. The summed E-state index contributed by atoms with van der Waals surface area (Å²) >= 11 is 0. The van der Waals surface area contributed by atoms with E-state index in [0.717, 1.165) is 11.3 Å². The van der Waals surface area contributed by atoms with E-state index in [1.54, 1.807) is 36.4 Å². The average Bonchev–Trinajstić information content (AvgIpc) is 2.76. The first-order chi connectivity index (χ1) is 15.2. The molecule has 0 aliphatic heterocycles. The summed E-state index contributed by atoms with van der Waals surface area (Å²) in [4.78, 5) is 12.7. The Morgan fingerprint density at radius 1 is 0.906 bits per heavy atom. The maximum Gasteiger partial charge on any atom is 0.261 e. The molecule has 0 aliphatic carbocycles. The Morgan fingerprint density at radius 2 is 1.59 bits per heavy atom. The van der Waals surface area contributed by atoms with Crippen molar-refractivity contribution in [1.82, 2.24) is 5.32 Å². The van der Waals surface area contributed by atoms with Crippen LogP contribution in [0.1, 0.15) is 36.7 Å². The Labute approximate surface area is 189 Å². The lowest BCUT2D eigenvalue weighted by Gasteiger charge is -2.22. The third kappa shape index (κ3) is 6.11. The van der Waals surface area contributed by atoms with Crippen molar-refractivity contribution in [2.45, 2.75) is 31.1 Å². The number of carbonyl (C=O) groups is 1. The van der Waals surface area contributed by atoms with Crippen molar-refractivity contribution in [2.24, 2.45) is 0 Å². The molecular weight excluding hydrogens is 424 g/mol. The quantitative estimate of drug-likeness (QED) is 0.490. The summed E-state index contributed by atoms with van der Waals surface area (Å²) in [5.41, 5.74) is 1.72. The van der Waals surface area contributed by atoms with E-state index in [0.29, 0.717) is 24.4 Å². The van der Waals surface area contributed by atoms with Crippen molar-refractivity contribution < 1.29 is 17.9 Å². The van der Waals surface area contributed by atoms with Gasteiger partial charge in [-0.1, -0.05) is 63.2 Å². The van der Waals surface area contributed by atoms with Crippen molar-refractivity contribution in [3.05, 3.63) is 90.0 Å². The second-order valence-electron chi connectivity index (χ2n) is 8.35. The van der Waals surface area contributed by atoms with Gasteiger partial charge in [-0.25, -0.2) is 8.42 Å². The first-order valence-electron chi connectivity index (χ1n) is 10.4. The van der Waals surface area contributed by atoms with Gasteiger partial charge in [0.25, 0.3) is 15.9 Å². The Hall–Kier alpha value is -3.32. The summed E-state index contributed by atoms with van der Waals surface area (Å²) in [5, 5.41) is 2.81. The molecule has 0 saturated carbocycles. The molecule has 168 valence electrons. The number of para-hydroxylation sites is 1. The Bertz CT molecular complexity index is 1170. The fraction of sp³-hybridized carbons (Fsp3) is 0.240. The monoisotopic (exact) mass is 452 g/mol. The van der Waals surface area contributed by atoms with Crippen LogP contribution in [-0.2, 0) is 15.4 Å². The fourth-order valence-corrected chi connectivity index (χ4v) is 4.25. The van der Waals surface area contributed by atoms with Gasteiger partial charge in [-0.2, -0.15) is 0 Å². The van der Waals surface area contributed by atoms with Crippen molar-refractivity contribution in [2.75, 3.05) is 17.9 Å². The molecule has 0 bridgehead atoms. The molecule has 1 amide bonds. The summed E-state index contributed by atoms with van der Waals surface area (Å²) in [7, 11) is -3.73. The van der Waals surface area contributed by atoms with Gasteiger partial charge in [0.2, 0.25) is 0 Å². The highest BCUT2D eigenvalue weighted by atomic mass is 32.2. The maximum absolute atomic E-state index is 12.5. The molecule has 7 heteroatoms. The van der Waals surface area contributed by atoms with Gasteiger partial charge in [0.15, 0.2) is 0 Å². The highest BCUT2D eigenvalue weighted by Gasteiger charge is 2.18. The van der Waals surface area contributed by atoms with Crippen molar-refractivity contribution in [3.8, 4) is 5.75 Å². The second kappa shape index (κ2) is 9.87. The van der Waals surface area contributed by atoms with Gasteiger partial charge in [0.05, 0.1) is 11.4 Å². The summed E-state index contributed by atoms with van der Waals surface area (Å²) in [6, 6.07) is 22.3. The molecule has 3 aromatic rings. The molecule has 2 N–H and O–H groups in total. The number of hydrogen-bond donors (Lipinski definition) is 2. The van der Waals surface area contributed by atoms with Crippen LogP contribution < -0.4 is 14.8 Å². The Balaban J connectivity index is 1.58. The van der Waals surface area contributed by atoms with Gasteiger partial charge < -0.3 is 10.1 Å². The van der Waals surface area contributed by atoms with E-state index in [9.17, 15) is 13.2 Å². The van der Waals surface area contributed by atoms with E-state index in [1.807, 2.05) is 24.3 Å². The van der Waals surface area contributed by atoms with Crippen LogP contribution >= 0.6 is 0 Å². The molecule has 0 aromatic heterocycles. The molecule has 0 heterocycles. The summed E-state index contributed by atoms with van der Waals surface area (Å²) < 4.78 is 33.4. The SMILES string of the molecule is CC(C)(C)c1ccccc1OCCNC(=O)c1cccc(NS(=O)(=O)c2ccccc2)c1. The van der Waals surface area contributed by atoms with Gasteiger partial charge in [-0.15, -0.1) is 0 Å². The number of sulfonamides is 1. The minimum atomic E-state index is -3.73. The summed E-state index contributed by atoms with van der Waals surface area (Å²) in [6.45, 7) is 7.00. The van der Waals surface area contributed by atoms with Crippen LogP contribution in [0.3, 0.4) is 0 Å². The lowest BCUT2D eigenvalue weighted by molar-refractivity contribution is 0.0947. The zero-order valence-electron chi connectivity index (χ0n) is 18.5. The second-order valence-corrected chi connectivity index (χ2v) is 10.0. The van der Waals surface area contributed by atoms with Gasteiger partial charge in [-0.3, -0.25) is 9.52 Å². The molecule has 0 fully saturated rings.